The van der Waals surface area contributed by atoms with E-state index in [4.69, 9.17) is 84.9 Å². The number of phenolic OH excluding ortho intramolecular Hbond substituents is 1. The average molecular weight is 1430 g/mol. The number of hydrogen-bond acceptors (Lipinski definition) is 29. The van der Waals surface area contributed by atoms with Gasteiger partial charge in [0.25, 0.3) is 0 Å². The summed E-state index contributed by atoms with van der Waals surface area (Å²) in [6.45, 7) is 17.6. The number of rotatable bonds is 17. The van der Waals surface area contributed by atoms with E-state index in [9.17, 15) is 55.2 Å². The van der Waals surface area contributed by atoms with Crippen LogP contribution in [0, 0.1) is 0 Å². The fraction of sp³-hybridized carbons (Fsp3) is 0.792. The number of ether oxygens (including phenoxy) is 17. The van der Waals surface area contributed by atoms with Crippen molar-refractivity contribution in [3.05, 3.63) is 57.5 Å². The number of benzene rings is 1. The Balaban J connectivity index is 0.575. The van der Waals surface area contributed by atoms with Crippen LogP contribution >= 0.6 is 0 Å². The third kappa shape index (κ3) is 15.7. The summed E-state index contributed by atoms with van der Waals surface area (Å²) in [6, 6.07) is 2.80. The van der Waals surface area contributed by atoms with Crippen LogP contribution in [0.15, 0.2) is 39.6 Å². The van der Waals surface area contributed by atoms with Gasteiger partial charge in [-0.25, -0.2) is 0 Å². The van der Waals surface area contributed by atoms with Gasteiger partial charge in [-0.05, 0) is 125 Å². The van der Waals surface area contributed by atoms with Crippen molar-refractivity contribution in [2.75, 3.05) is 0 Å². The molecule has 10 heterocycles. The molecule has 0 spiro atoms. The molecule has 8 N–H and O–H groups in total. The van der Waals surface area contributed by atoms with E-state index in [1.165, 1.54) is 30.4 Å². The Hall–Kier alpha value is -3.91. The van der Waals surface area contributed by atoms with Crippen molar-refractivity contribution < 1.29 is 135 Å². The van der Waals surface area contributed by atoms with Crippen LogP contribution < -0.4 is 5.43 Å². The van der Waals surface area contributed by atoms with E-state index in [0.717, 1.165) is 0 Å². The van der Waals surface area contributed by atoms with Gasteiger partial charge in [0.05, 0.1) is 120 Å². The minimum absolute atomic E-state index is 0.00610. The van der Waals surface area contributed by atoms with E-state index < -0.39 is 206 Å². The van der Waals surface area contributed by atoms with Crippen LogP contribution in [0.2, 0.25) is 0 Å². The molecule has 1 saturated carbocycles. The molecule has 2 aliphatic carbocycles. The Bertz CT molecular complexity index is 3340. The van der Waals surface area contributed by atoms with Crippen LogP contribution in [-0.4, -0.2) is 242 Å². The zero-order valence-electron chi connectivity index (χ0n) is 58.8. The Labute approximate surface area is 585 Å². The molecule has 8 saturated heterocycles. The molecule has 0 unspecified atom stereocenters. The van der Waals surface area contributed by atoms with Crippen molar-refractivity contribution in [1.82, 2.24) is 0 Å². The van der Waals surface area contributed by atoms with Gasteiger partial charge in [-0.3, -0.25) is 14.4 Å². The van der Waals surface area contributed by atoms with Gasteiger partial charge in [-0.1, -0.05) is 6.07 Å². The summed E-state index contributed by atoms with van der Waals surface area (Å²) in [4.78, 5) is 41.1. The van der Waals surface area contributed by atoms with Crippen LogP contribution in [0.25, 0.3) is 17.0 Å². The van der Waals surface area contributed by atoms with Crippen molar-refractivity contribution in [3.8, 4) is 5.75 Å². The number of carbonyl (C=O) groups excluding carboxylic acids is 2. The predicted molar refractivity (Wildman–Crippen MR) is 347 cm³/mol. The van der Waals surface area contributed by atoms with Gasteiger partial charge in [0, 0.05) is 69.8 Å². The normalized spacial score (nSPS) is 47.6. The maximum absolute atomic E-state index is 14.7. The molecule has 9 aliphatic heterocycles. The highest BCUT2D eigenvalue weighted by atomic mass is 16.8. The third-order valence-corrected chi connectivity index (χ3v) is 22.3. The molecule has 0 bridgehead atoms. The van der Waals surface area contributed by atoms with E-state index >= 15 is 0 Å². The van der Waals surface area contributed by atoms with Crippen LogP contribution in [0.1, 0.15) is 182 Å². The average Bonchev–Trinajstić information content (AvgIpc) is 0.692. The highest BCUT2D eigenvalue weighted by Gasteiger charge is 2.66. The molecule has 0 amide bonds. The van der Waals surface area contributed by atoms with Crippen molar-refractivity contribution >= 4 is 28.6 Å². The predicted octanol–water partition coefficient (Wildman–Crippen LogP) is 4.31. The van der Waals surface area contributed by atoms with Gasteiger partial charge < -0.3 is 126 Å². The maximum atomic E-state index is 14.7. The van der Waals surface area contributed by atoms with E-state index in [1.54, 1.807) is 54.5 Å². The summed E-state index contributed by atoms with van der Waals surface area (Å²) in [5, 5.41) is 92.0. The first-order valence-electron chi connectivity index (χ1n) is 36.2. The van der Waals surface area contributed by atoms with Crippen molar-refractivity contribution in [1.29, 1.82) is 0 Å². The van der Waals surface area contributed by atoms with Gasteiger partial charge in [0.1, 0.15) is 41.9 Å². The largest absolute Gasteiger partial charge is 0.504 e. The highest BCUT2D eigenvalue weighted by molar-refractivity contribution is 5.96. The Kier molecular flexibility index (Phi) is 22.7. The molecule has 2 aromatic rings. The van der Waals surface area contributed by atoms with Crippen LogP contribution in [0.3, 0.4) is 0 Å². The molecule has 0 radical (unpaired) electrons. The van der Waals surface area contributed by atoms with Crippen molar-refractivity contribution in [2.24, 2.45) is 0 Å². The van der Waals surface area contributed by atoms with Crippen molar-refractivity contribution in [2.45, 2.75) is 361 Å². The van der Waals surface area contributed by atoms with Gasteiger partial charge in [-0.15, -0.1) is 0 Å². The number of fused-ring (bicyclic) bond motifs is 4. The summed E-state index contributed by atoms with van der Waals surface area (Å²) in [7, 11) is 0. The van der Waals surface area contributed by atoms with Crippen molar-refractivity contribution in [3.63, 3.8) is 0 Å². The lowest BCUT2D eigenvalue weighted by Gasteiger charge is -2.52. The monoisotopic (exact) mass is 1430 g/mol. The minimum Gasteiger partial charge on any atom is -0.504 e. The van der Waals surface area contributed by atoms with Gasteiger partial charge >= 0.3 is 0 Å². The highest BCUT2D eigenvalue weighted by Crippen LogP contribution is 2.53. The second kappa shape index (κ2) is 30.4. The number of carbonyl (C=O) groups is 2. The summed E-state index contributed by atoms with van der Waals surface area (Å²) < 4.78 is 112. The summed E-state index contributed by atoms with van der Waals surface area (Å²) in [6.07, 6.45) is -11.8. The lowest BCUT2D eigenvalue weighted by Crippen LogP contribution is -2.67. The number of Topliss-reactive ketones (excluding diaryl/α,β-unsaturated/α-hetero) is 1. The van der Waals surface area contributed by atoms with Crippen LogP contribution in [0.4, 0.5) is 0 Å². The molecular formula is C72H102O29. The third-order valence-electron chi connectivity index (χ3n) is 22.3. The maximum Gasteiger partial charge on any atom is 0.200 e. The summed E-state index contributed by atoms with van der Waals surface area (Å²) in [5.41, 5.74) is -8.04. The second-order valence-electron chi connectivity index (χ2n) is 30.0. The standard InChI is InChI=1S/C72H102O29/c1-31-42(73)13-18-54(85-31)93-46-16-21-57(88-33(46)3)99-68-39(9)92-59(26-45(68)76)100-67-38(8)84-50(25-44(67)75)40-11-12-41-65(80)62-49(98-69(41)66(40)81)23-24-71(82)30-70(10,29-53(77)72(62,71)83)101-58-22-17-48(35(5)89-58)95-61-28-52(64(79)37(7)91-61)97-56-20-15-47(34(4)87-56)94-60-27-51(63(78)36(6)90-60)96-55-19-14-43(74)32(2)86-55/h11-13,18,23-24,31-39,43-48,50-52,54-61,63-64,67-68,74-76,78-79,81-83H,14-17,19-22,25-30H2,1-10H3/t31-,32-,33-,34-,35-,36+,37+,38+,39-,43-,44+,45-,46-,47-,48-,50+,51+,52+,54-,55-,56-,57-,58-,59-,60-,61-,63+,64+,67+,68+,70-,71-,72-/m0/s1. The molecule has 33 atom stereocenters. The van der Waals surface area contributed by atoms with E-state index in [2.05, 4.69) is 0 Å². The molecule has 13 rings (SSSR count). The summed E-state index contributed by atoms with van der Waals surface area (Å²) in [5.74, 6) is -1.78. The molecule has 101 heavy (non-hydrogen) atoms. The number of aliphatic hydroxyl groups is 7. The lowest BCUT2D eigenvalue weighted by atomic mass is 9.60. The number of hydrogen-bond donors (Lipinski definition) is 8. The van der Waals surface area contributed by atoms with Gasteiger partial charge in [-0.2, -0.15) is 0 Å². The first-order chi connectivity index (χ1) is 47.9. The van der Waals surface area contributed by atoms with Gasteiger partial charge in [0.15, 0.2) is 84.2 Å². The first kappa shape index (κ1) is 75.3. The molecule has 1 aromatic carbocycles. The molecular weight excluding hydrogens is 1330 g/mol. The fourth-order valence-corrected chi connectivity index (χ4v) is 16.5. The zero-order valence-corrected chi connectivity index (χ0v) is 58.8. The van der Waals surface area contributed by atoms with Gasteiger partial charge in [0.2, 0.25) is 0 Å². The molecule has 29 heteroatoms. The SMILES string of the molecule is C[C@@H]1O[C@@H](O[C@H]2CC[C@H](O[C@@H]3[C@H](C)O[C@@H](O[C@H]4[C@H](O)C[C@H](c5ccc6c(=O)c7c(oc6c5O)C=C[C@]5(O)C[C@@](C)(O[C@H]6CC[C@H](O[C@H]8C[C@@H](O[C@H]9CC[C@H](O[C@H]%10C[C@@H](O[C@H]%11CC[C@H](O)[C@H](C)O%11)[C@H](O)[C@@H](C)O%10)[C@H](C)O9)[C@H](O)[C@@H](C)O8)[C@H](C)O6)CC(=O)[C@]75O)O[C@@H]4C)C[C@@H]3O)O[C@H]2C)C=CC1=O. The van der Waals surface area contributed by atoms with E-state index in [1.807, 2.05) is 20.8 Å². The lowest BCUT2D eigenvalue weighted by molar-refractivity contribution is -0.333. The Morgan fingerprint density at radius 1 is 0.485 bits per heavy atom. The molecule has 11 aliphatic rings. The molecule has 1 aromatic heterocycles. The second-order valence-corrected chi connectivity index (χ2v) is 30.0. The smallest absolute Gasteiger partial charge is 0.200 e. The Morgan fingerprint density at radius 2 is 0.980 bits per heavy atom. The molecule has 29 nitrogen and oxygen atoms in total. The minimum atomic E-state index is -2.79. The number of ketones is 2. The number of phenols is 1. The molecule has 564 valence electrons. The summed E-state index contributed by atoms with van der Waals surface area (Å²) >= 11 is 0. The number of aromatic hydroxyl groups is 1. The van der Waals surface area contributed by atoms with Crippen LogP contribution in [-0.2, 0) is 95.7 Å². The Morgan fingerprint density at radius 3 is 1.55 bits per heavy atom. The zero-order chi connectivity index (χ0) is 71.9. The van der Waals surface area contributed by atoms with E-state index in [-0.39, 0.29) is 84.6 Å². The molecule has 9 fully saturated rings. The fourth-order valence-electron chi connectivity index (χ4n) is 16.5. The number of aliphatic hydroxyl groups excluding tert-OH is 5. The topological polar surface area (TPSA) is 383 Å². The quantitative estimate of drug-likeness (QED) is 0.109. The van der Waals surface area contributed by atoms with E-state index in [0.29, 0.717) is 51.4 Å². The first-order valence-corrected chi connectivity index (χ1v) is 36.2. The van der Waals surface area contributed by atoms with Crippen LogP contribution in [0.5, 0.6) is 5.75 Å².